The van der Waals surface area contributed by atoms with Crippen LogP contribution in [0.1, 0.15) is 63.0 Å². The zero-order valence-electron chi connectivity index (χ0n) is 17.8. The Kier molecular flexibility index (Phi) is 4.08. The Hall–Kier alpha value is -3.00. The average Bonchev–Trinajstić information content (AvgIpc) is 3.37. The number of nitrogens with one attached hydrogen (secondary N) is 2. The first kappa shape index (κ1) is 18.7. The van der Waals surface area contributed by atoms with E-state index in [1.165, 1.54) is 12.8 Å². The molecule has 2 aliphatic rings. The first-order chi connectivity index (χ1) is 15.0. The number of anilines is 1. The molecule has 0 saturated heterocycles. The molecule has 0 aliphatic heterocycles. The van der Waals surface area contributed by atoms with Crippen molar-refractivity contribution < 1.29 is 5.11 Å². The van der Waals surface area contributed by atoms with Gasteiger partial charge in [0.2, 0.25) is 0 Å². The third-order valence-electron chi connectivity index (χ3n) is 6.74. The number of aromatic nitrogens is 6. The van der Waals surface area contributed by atoms with E-state index in [-0.39, 0.29) is 12.0 Å². The highest BCUT2D eigenvalue weighted by Crippen LogP contribution is 2.45. The molecule has 3 aromatic heterocycles. The summed E-state index contributed by atoms with van der Waals surface area (Å²) in [5, 5.41) is 18.6. The van der Waals surface area contributed by atoms with E-state index in [0.717, 1.165) is 52.4 Å². The van der Waals surface area contributed by atoms with Crippen LogP contribution >= 0.6 is 0 Å². The Morgan fingerprint density at radius 2 is 2.00 bits per heavy atom. The molecule has 8 heteroatoms. The minimum absolute atomic E-state index is 0.240. The van der Waals surface area contributed by atoms with Crippen LogP contribution in [0.5, 0.6) is 0 Å². The standard InChI is InChI=1S/C23H27N7O/c1-23(2,31)14-9-15(10-14)30-22-20(24-11-18(28-22)13-7-8-13)21(29-30)25-12-19-26-16-5-3-4-6-17(16)27-19/h3-6,11,13-15,31H,7-10,12H2,1-2H3,(H,25,29)(H,26,27). The fourth-order valence-electron chi connectivity index (χ4n) is 4.49. The van der Waals surface area contributed by atoms with Crippen molar-refractivity contribution in [2.75, 3.05) is 5.32 Å². The predicted molar refractivity (Wildman–Crippen MR) is 119 cm³/mol. The van der Waals surface area contributed by atoms with E-state index in [1.807, 2.05) is 49.0 Å². The van der Waals surface area contributed by atoms with Crippen LogP contribution in [0.25, 0.3) is 22.2 Å². The SMILES string of the molecule is CC(C)(O)C1CC(n2nc(NCc3nc4ccccc4[nH]3)c3ncc(C4CC4)nc32)C1. The summed E-state index contributed by atoms with van der Waals surface area (Å²) in [7, 11) is 0. The molecule has 6 rings (SSSR count). The maximum Gasteiger partial charge on any atom is 0.179 e. The molecule has 160 valence electrons. The van der Waals surface area contributed by atoms with Gasteiger partial charge in [-0.2, -0.15) is 5.10 Å². The molecule has 3 heterocycles. The highest BCUT2D eigenvalue weighted by molar-refractivity contribution is 5.83. The molecule has 0 spiro atoms. The van der Waals surface area contributed by atoms with Crippen molar-refractivity contribution in [3.05, 3.63) is 42.0 Å². The first-order valence-electron chi connectivity index (χ1n) is 11.1. The number of aliphatic hydroxyl groups is 1. The number of rotatable bonds is 6. The molecule has 0 bridgehead atoms. The van der Waals surface area contributed by atoms with Crippen LogP contribution < -0.4 is 5.32 Å². The number of fused-ring (bicyclic) bond motifs is 2. The normalized spacial score (nSPS) is 21.5. The summed E-state index contributed by atoms with van der Waals surface area (Å²) in [5.74, 6) is 2.41. The van der Waals surface area contributed by atoms with Gasteiger partial charge < -0.3 is 15.4 Å². The lowest BCUT2D eigenvalue weighted by Gasteiger charge is -2.42. The second-order valence-electron chi connectivity index (χ2n) is 9.56. The molecule has 2 aliphatic carbocycles. The van der Waals surface area contributed by atoms with Gasteiger partial charge in [-0.1, -0.05) is 12.1 Å². The lowest BCUT2D eigenvalue weighted by molar-refractivity contribution is -0.0406. The van der Waals surface area contributed by atoms with Gasteiger partial charge in [0.25, 0.3) is 0 Å². The summed E-state index contributed by atoms with van der Waals surface area (Å²) in [4.78, 5) is 17.7. The zero-order chi connectivity index (χ0) is 21.2. The van der Waals surface area contributed by atoms with Crippen LogP contribution in [0.2, 0.25) is 0 Å². The number of para-hydroxylation sites is 2. The third kappa shape index (κ3) is 3.35. The topological polar surface area (TPSA) is 105 Å². The van der Waals surface area contributed by atoms with Crippen LogP contribution in [0, 0.1) is 5.92 Å². The largest absolute Gasteiger partial charge is 0.390 e. The number of aromatic amines is 1. The van der Waals surface area contributed by atoms with E-state index < -0.39 is 5.60 Å². The Labute approximate surface area is 180 Å². The van der Waals surface area contributed by atoms with Gasteiger partial charge in [-0.05, 0) is 57.6 Å². The second-order valence-corrected chi connectivity index (χ2v) is 9.56. The monoisotopic (exact) mass is 417 g/mol. The van der Waals surface area contributed by atoms with Gasteiger partial charge in [-0.15, -0.1) is 0 Å². The summed E-state index contributed by atoms with van der Waals surface area (Å²) in [6, 6.07) is 8.25. The van der Waals surface area contributed by atoms with E-state index in [4.69, 9.17) is 15.1 Å². The summed E-state index contributed by atoms with van der Waals surface area (Å²) < 4.78 is 2.03. The number of nitrogens with zero attached hydrogens (tertiary/aromatic N) is 5. The average molecular weight is 418 g/mol. The third-order valence-corrected chi connectivity index (χ3v) is 6.74. The summed E-state index contributed by atoms with van der Waals surface area (Å²) >= 11 is 0. The fourth-order valence-corrected chi connectivity index (χ4v) is 4.49. The molecule has 1 aromatic carbocycles. The molecule has 0 amide bonds. The van der Waals surface area contributed by atoms with E-state index in [0.29, 0.717) is 12.5 Å². The Balaban J connectivity index is 1.30. The lowest BCUT2D eigenvalue weighted by Crippen LogP contribution is -2.41. The summed E-state index contributed by atoms with van der Waals surface area (Å²) in [6.07, 6.45) is 6.08. The van der Waals surface area contributed by atoms with Crippen molar-refractivity contribution in [2.45, 2.75) is 63.6 Å². The minimum atomic E-state index is -0.660. The van der Waals surface area contributed by atoms with Crippen LogP contribution in [0.4, 0.5) is 5.82 Å². The van der Waals surface area contributed by atoms with Crippen LogP contribution in [-0.4, -0.2) is 40.4 Å². The van der Waals surface area contributed by atoms with Crippen molar-refractivity contribution in [3.8, 4) is 0 Å². The molecule has 4 aromatic rings. The van der Waals surface area contributed by atoms with Gasteiger partial charge in [0, 0.05) is 12.1 Å². The van der Waals surface area contributed by atoms with Crippen LogP contribution in [0.15, 0.2) is 30.5 Å². The zero-order valence-corrected chi connectivity index (χ0v) is 17.8. The van der Waals surface area contributed by atoms with Crippen LogP contribution in [-0.2, 0) is 6.54 Å². The molecular formula is C23H27N7O. The summed E-state index contributed by atoms with van der Waals surface area (Å²) in [5.41, 5.74) is 4.03. The Morgan fingerprint density at radius 1 is 1.19 bits per heavy atom. The highest BCUT2D eigenvalue weighted by Gasteiger charge is 2.41. The van der Waals surface area contributed by atoms with Gasteiger partial charge in [-0.25, -0.2) is 19.6 Å². The molecule has 0 unspecified atom stereocenters. The maximum absolute atomic E-state index is 10.3. The minimum Gasteiger partial charge on any atom is -0.390 e. The first-order valence-corrected chi connectivity index (χ1v) is 11.1. The molecule has 2 saturated carbocycles. The molecule has 3 N–H and O–H groups in total. The predicted octanol–water partition coefficient (Wildman–Crippen LogP) is 3.91. The van der Waals surface area contributed by atoms with E-state index in [2.05, 4.69) is 15.3 Å². The highest BCUT2D eigenvalue weighted by atomic mass is 16.3. The van der Waals surface area contributed by atoms with Gasteiger partial charge in [0.1, 0.15) is 5.82 Å². The van der Waals surface area contributed by atoms with Crippen molar-refractivity contribution in [1.82, 2.24) is 29.7 Å². The van der Waals surface area contributed by atoms with Gasteiger partial charge in [-0.3, -0.25) is 0 Å². The number of benzene rings is 1. The molecule has 2 fully saturated rings. The van der Waals surface area contributed by atoms with Crippen molar-refractivity contribution >= 4 is 28.0 Å². The second kappa shape index (κ2) is 6.75. The fraction of sp³-hybridized carbons (Fsp3) is 0.478. The quantitative estimate of drug-likeness (QED) is 0.439. The van der Waals surface area contributed by atoms with E-state index in [1.54, 1.807) is 0 Å². The Morgan fingerprint density at radius 3 is 2.74 bits per heavy atom. The lowest BCUT2D eigenvalue weighted by atomic mass is 9.71. The molecular weight excluding hydrogens is 390 g/mol. The molecule has 0 radical (unpaired) electrons. The van der Waals surface area contributed by atoms with Crippen molar-refractivity contribution in [1.29, 1.82) is 0 Å². The van der Waals surface area contributed by atoms with Gasteiger partial charge in [0.05, 0.1) is 34.9 Å². The number of H-pyrrole nitrogens is 1. The van der Waals surface area contributed by atoms with Crippen molar-refractivity contribution in [3.63, 3.8) is 0 Å². The van der Waals surface area contributed by atoms with Crippen LogP contribution in [0.3, 0.4) is 0 Å². The smallest absolute Gasteiger partial charge is 0.179 e. The molecule has 8 nitrogen and oxygen atoms in total. The number of imidazole rings is 1. The maximum atomic E-state index is 10.3. The van der Waals surface area contributed by atoms with E-state index >= 15 is 0 Å². The van der Waals surface area contributed by atoms with Gasteiger partial charge in [0.15, 0.2) is 17.0 Å². The van der Waals surface area contributed by atoms with E-state index in [9.17, 15) is 5.11 Å². The van der Waals surface area contributed by atoms with Crippen molar-refractivity contribution in [2.24, 2.45) is 5.92 Å². The molecule has 31 heavy (non-hydrogen) atoms. The Bertz CT molecular complexity index is 1230. The number of hydrogen-bond donors (Lipinski definition) is 3. The summed E-state index contributed by atoms with van der Waals surface area (Å²) in [6.45, 7) is 4.31. The number of hydrogen-bond acceptors (Lipinski definition) is 6. The van der Waals surface area contributed by atoms with Gasteiger partial charge >= 0.3 is 0 Å². The molecule has 0 atom stereocenters.